The molecule has 2 aliphatic rings. The number of halogens is 1. The van der Waals surface area contributed by atoms with Gasteiger partial charge in [-0.1, -0.05) is 0 Å². The number of hydrogen-bond acceptors (Lipinski definition) is 6. The van der Waals surface area contributed by atoms with E-state index in [2.05, 4.69) is 4.98 Å². The van der Waals surface area contributed by atoms with E-state index in [1.54, 1.807) is 40.6 Å². The molecule has 3 heterocycles. The van der Waals surface area contributed by atoms with Gasteiger partial charge in [-0.2, -0.15) is 0 Å². The third-order valence-electron chi connectivity index (χ3n) is 5.32. The van der Waals surface area contributed by atoms with Gasteiger partial charge in [0, 0.05) is 30.1 Å². The highest BCUT2D eigenvalue weighted by Crippen LogP contribution is 2.43. The summed E-state index contributed by atoms with van der Waals surface area (Å²) < 4.78 is 31.0. The van der Waals surface area contributed by atoms with Crippen LogP contribution in [0.2, 0.25) is 0 Å². The molecule has 1 aromatic heterocycles. The summed E-state index contributed by atoms with van der Waals surface area (Å²) >= 11 is 1.55. The van der Waals surface area contributed by atoms with Crippen molar-refractivity contribution in [2.24, 2.45) is 0 Å². The normalized spacial score (nSPS) is 24.4. The molecule has 1 amide bonds. The molecule has 0 spiro atoms. The van der Waals surface area contributed by atoms with E-state index in [4.69, 9.17) is 14.2 Å². The van der Waals surface area contributed by atoms with E-state index in [9.17, 15) is 9.18 Å². The third-order valence-corrected chi connectivity index (χ3v) is 6.25. The lowest BCUT2D eigenvalue weighted by Gasteiger charge is -2.40. The molecule has 4 rings (SSSR count). The molecule has 2 aliphatic heterocycles. The Kier molecular flexibility index (Phi) is 5.35. The minimum absolute atomic E-state index is 0.0366. The Morgan fingerprint density at radius 1 is 1.48 bits per heavy atom. The Morgan fingerprint density at radius 3 is 3.00 bits per heavy atom. The van der Waals surface area contributed by atoms with Crippen molar-refractivity contribution in [1.29, 1.82) is 0 Å². The molecule has 2 aromatic rings. The third kappa shape index (κ3) is 4.01. The van der Waals surface area contributed by atoms with Crippen LogP contribution in [-0.4, -0.2) is 54.1 Å². The summed E-state index contributed by atoms with van der Waals surface area (Å²) in [6.07, 6.45) is 2.17. The lowest BCUT2D eigenvalue weighted by molar-refractivity contribution is -0.0440. The number of carbonyl (C=O) groups excluding carboxylic acids is 1. The second-order valence-corrected chi connectivity index (χ2v) is 9.03. The molecule has 1 unspecified atom stereocenters. The van der Waals surface area contributed by atoms with Crippen LogP contribution in [-0.2, 0) is 15.1 Å². The van der Waals surface area contributed by atoms with Gasteiger partial charge in [0.05, 0.1) is 6.54 Å². The summed E-state index contributed by atoms with van der Waals surface area (Å²) in [5.41, 5.74) is -0.593. The van der Waals surface area contributed by atoms with E-state index < -0.39 is 11.3 Å². The number of fused-ring (bicyclic) bond motifs is 1. The highest BCUT2D eigenvalue weighted by Gasteiger charge is 2.52. The highest BCUT2D eigenvalue weighted by atomic mass is 32.1. The number of alkyl halides is 1. The maximum Gasteiger partial charge on any atom is 0.253 e. The lowest BCUT2D eigenvalue weighted by Crippen LogP contribution is -2.53. The standard InChI is InChI=1S/C21H25FN2O4S/c1-14-10-15(4-5-16(14)26-12-20(2,3)22)18(25)24-8-6-21(19-23-7-9-29-19)17(11-24)27-13-28-21/h4-5,7,9-10,17H,6,8,11-13H2,1-3H3/t17?,21-/m1/s1. The molecule has 0 radical (unpaired) electrons. The number of hydrogen-bond donors (Lipinski definition) is 0. The number of piperidine rings is 1. The lowest BCUT2D eigenvalue weighted by atomic mass is 9.88. The summed E-state index contributed by atoms with van der Waals surface area (Å²) in [6.45, 7) is 5.98. The highest BCUT2D eigenvalue weighted by molar-refractivity contribution is 7.09. The number of benzene rings is 1. The molecule has 2 saturated heterocycles. The zero-order chi connectivity index (χ0) is 20.6. The minimum atomic E-state index is -1.41. The number of rotatable bonds is 5. The van der Waals surface area contributed by atoms with E-state index >= 15 is 0 Å². The summed E-state index contributed by atoms with van der Waals surface area (Å²) in [7, 11) is 0. The number of amides is 1. The van der Waals surface area contributed by atoms with Gasteiger partial charge in [0.1, 0.15) is 35.9 Å². The molecule has 0 N–H and O–H groups in total. The van der Waals surface area contributed by atoms with Gasteiger partial charge in [-0.25, -0.2) is 9.37 Å². The second kappa shape index (κ2) is 7.66. The number of thiazole rings is 1. The van der Waals surface area contributed by atoms with Crippen LogP contribution in [0.4, 0.5) is 4.39 Å². The zero-order valence-electron chi connectivity index (χ0n) is 16.8. The topological polar surface area (TPSA) is 60.9 Å². The Morgan fingerprint density at radius 2 is 2.31 bits per heavy atom. The van der Waals surface area contributed by atoms with Crippen molar-refractivity contribution in [3.63, 3.8) is 0 Å². The number of nitrogens with zero attached hydrogens (tertiary/aromatic N) is 2. The van der Waals surface area contributed by atoms with E-state index in [1.165, 1.54) is 13.8 Å². The predicted octanol–water partition coefficient (Wildman–Crippen LogP) is 3.69. The smallest absolute Gasteiger partial charge is 0.253 e. The van der Waals surface area contributed by atoms with Crippen LogP contribution < -0.4 is 4.74 Å². The van der Waals surface area contributed by atoms with Gasteiger partial charge in [0.25, 0.3) is 5.91 Å². The molecule has 8 heteroatoms. The summed E-state index contributed by atoms with van der Waals surface area (Å²) in [6, 6.07) is 5.25. The van der Waals surface area contributed by atoms with Crippen LogP contribution >= 0.6 is 11.3 Å². The summed E-state index contributed by atoms with van der Waals surface area (Å²) in [4.78, 5) is 19.3. The van der Waals surface area contributed by atoms with E-state index in [0.717, 1.165) is 10.6 Å². The molecule has 2 fully saturated rings. The summed E-state index contributed by atoms with van der Waals surface area (Å²) in [5, 5.41) is 2.83. The molecule has 0 bridgehead atoms. The van der Waals surface area contributed by atoms with Gasteiger partial charge in [-0.05, 0) is 44.5 Å². The Balaban J connectivity index is 1.46. The molecule has 0 aliphatic carbocycles. The van der Waals surface area contributed by atoms with Crippen LogP contribution in [0, 0.1) is 6.92 Å². The van der Waals surface area contributed by atoms with Crippen LogP contribution in [0.1, 0.15) is 41.2 Å². The van der Waals surface area contributed by atoms with Crippen LogP contribution in [0.15, 0.2) is 29.8 Å². The summed E-state index contributed by atoms with van der Waals surface area (Å²) in [5.74, 6) is 0.523. The monoisotopic (exact) mass is 420 g/mol. The SMILES string of the molecule is Cc1cc(C(=O)N2CC[C@@]3(c4nccs4)OCOC3C2)ccc1OCC(C)(C)F. The average molecular weight is 421 g/mol. The molecule has 29 heavy (non-hydrogen) atoms. The number of aryl methyl sites for hydroxylation is 1. The van der Waals surface area contributed by atoms with Gasteiger partial charge >= 0.3 is 0 Å². The Hall–Kier alpha value is -2.03. The van der Waals surface area contributed by atoms with Crippen molar-refractivity contribution in [2.75, 3.05) is 26.5 Å². The van der Waals surface area contributed by atoms with Gasteiger partial charge in [0.2, 0.25) is 0 Å². The average Bonchev–Trinajstić information content (AvgIpc) is 3.35. The van der Waals surface area contributed by atoms with Crippen LogP contribution in [0.3, 0.4) is 0 Å². The first-order valence-corrected chi connectivity index (χ1v) is 10.5. The maximum absolute atomic E-state index is 13.7. The zero-order valence-corrected chi connectivity index (χ0v) is 17.6. The molecular weight excluding hydrogens is 395 g/mol. The quantitative estimate of drug-likeness (QED) is 0.738. The number of ether oxygens (including phenoxy) is 3. The van der Waals surface area contributed by atoms with Crippen molar-refractivity contribution in [3.05, 3.63) is 45.9 Å². The van der Waals surface area contributed by atoms with Crippen molar-refractivity contribution in [3.8, 4) is 5.75 Å². The Bertz CT molecular complexity index is 883. The van der Waals surface area contributed by atoms with Gasteiger partial charge in [-0.15, -0.1) is 11.3 Å². The number of aromatic nitrogens is 1. The van der Waals surface area contributed by atoms with Crippen LogP contribution in [0.5, 0.6) is 5.75 Å². The van der Waals surface area contributed by atoms with Crippen molar-refractivity contribution in [1.82, 2.24) is 9.88 Å². The molecular formula is C21H25FN2O4S. The molecule has 1 aromatic carbocycles. The Labute approximate surface area is 173 Å². The number of likely N-dealkylation sites (tertiary alicyclic amines) is 1. The molecule has 0 saturated carbocycles. The fourth-order valence-electron chi connectivity index (χ4n) is 3.77. The first kappa shape index (κ1) is 20.3. The molecule has 156 valence electrons. The van der Waals surface area contributed by atoms with E-state index in [-0.39, 0.29) is 25.4 Å². The van der Waals surface area contributed by atoms with Crippen LogP contribution in [0.25, 0.3) is 0 Å². The van der Waals surface area contributed by atoms with Gasteiger partial charge in [-0.3, -0.25) is 4.79 Å². The fraction of sp³-hybridized carbons (Fsp3) is 0.524. The first-order chi connectivity index (χ1) is 13.8. The van der Waals surface area contributed by atoms with Crippen molar-refractivity contribution in [2.45, 2.75) is 44.6 Å². The largest absolute Gasteiger partial charge is 0.490 e. The minimum Gasteiger partial charge on any atom is -0.490 e. The second-order valence-electron chi connectivity index (χ2n) is 8.13. The fourth-order valence-corrected chi connectivity index (χ4v) is 4.64. The van der Waals surface area contributed by atoms with Crippen molar-refractivity contribution >= 4 is 17.2 Å². The number of carbonyl (C=O) groups is 1. The molecule has 6 nitrogen and oxygen atoms in total. The molecule has 2 atom stereocenters. The van der Waals surface area contributed by atoms with E-state index in [1.807, 2.05) is 12.3 Å². The first-order valence-electron chi connectivity index (χ1n) is 9.66. The predicted molar refractivity (Wildman–Crippen MR) is 107 cm³/mol. The van der Waals surface area contributed by atoms with Gasteiger partial charge in [0.15, 0.2) is 5.60 Å². The van der Waals surface area contributed by atoms with E-state index in [0.29, 0.717) is 30.8 Å². The van der Waals surface area contributed by atoms with Gasteiger partial charge < -0.3 is 19.1 Å². The van der Waals surface area contributed by atoms with Crippen molar-refractivity contribution < 1.29 is 23.4 Å². The maximum atomic E-state index is 13.7.